The Kier molecular flexibility index (Phi) is 4.73. The Balaban J connectivity index is 2.13. The van der Waals surface area contributed by atoms with Gasteiger partial charge >= 0.3 is 0 Å². The van der Waals surface area contributed by atoms with E-state index in [0.29, 0.717) is 0 Å². The van der Waals surface area contributed by atoms with Gasteiger partial charge in [0.05, 0.1) is 14.4 Å². The van der Waals surface area contributed by atoms with E-state index in [2.05, 4.69) is 52.2 Å². The predicted molar refractivity (Wildman–Crippen MR) is 79.9 cm³/mol. The van der Waals surface area contributed by atoms with Gasteiger partial charge in [-0.1, -0.05) is 6.92 Å². The van der Waals surface area contributed by atoms with Crippen molar-refractivity contribution in [3.8, 4) is 9.88 Å². The van der Waals surface area contributed by atoms with Gasteiger partial charge in [0, 0.05) is 11.4 Å². The molecule has 2 heterocycles. The molecule has 2 aromatic heterocycles. The van der Waals surface area contributed by atoms with Crippen LogP contribution in [0.3, 0.4) is 0 Å². The van der Waals surface area contributed by atoms with Crippen molar-refractivity contribution in [2.75, 3.05) is 6.54 Å². The van der Waals surface area contributed by atoms with E-state index in [1.54, 1.807) is 22.7 Å². The van der Waals surface area contributed by atoms with Crippen LogP contribution in [0.2, 0.25) is 0 Å². The number of thiophene rings is 1. The zero-order valence-electron chi connectivity index (χ0n) is 9.92. The molecule has 0 aromatic carbocycles. The fourth-order valence-electron chi connectivity index (χ4n) is 1.51. The van der Waals surface area contributed by atoms with Crippen LogP contribution in [0.15, 0.2) is 15.9 Å². The molecule has 0 aliphatic heterocycles. The summed E-state index contributed by atoms with van der Waals surface area (Å²) in [6.45, 7) is 6.27. The van der Waals surface area contributed by atoms with E-state index in [4.69, 9.17) is 0 Å². The molecule has 0 aliphatic carbocycles. The monoisotopic (exact) mass is 330 g/mol. The van der Waals surface area contributed by atoms with Crippen molar-refractivity contribution in [2.45, 2.75) is 26.8 Å². The highest BCUT2D eigenvalue weighted by atomic mass is 79.9. The molecule has 0 bridgehead atoms. The summed E-state index contributed by atoms with van der Waals surface area (Å²) in [5.74, 6) is 0. The lowest BCUT2D eigenvalue weighted by Gasteiger charge is -1.99. The maximum atomic E-state index is 4.64. The molecule has 0 spiro atoms. The van der Waals surface area contributed by atoms with Crippen molar-refractivity contribution in [3.63, 3.8) is 0 Å². The van der Waals surface area contributed by atoms with Crippen LogP contribution in [0.5, 0.6) is 0 Å². The second kappa shape index (κ2) is 6.09. The number of aromatic nitrogens is 1. The molecule has 17 heavy (non-hydrogen) atoms. The third-order valence-electron chi connectivity index (χ3n) is 2.39. The van der Waals surface area contributed by atoms with Crippen molar-refractivity contribution in [2.24, 2.45) is 0 Å². The zero-order valence-corrected chi connectivity index (χ0v) is 13.1. The Bertz CT molecular complexity index is 490. The molecule has 0 amide bonds. The Morgan fingerprint density at radius 1 is 1.35 bits per heavy atom. The largest absolute Gasteiger partial charge is 0.312 e. The average Bonchev–Trinajstić information content (AvgIpc) is 2.86. The Hall–Kier alpha value is -0.230. The van der Waals surface area contributed by atoms with Gasteiger partial charge in [-0.3, -0.25) is 0 Å². The van der Waals surface area contributed by atoms with Crippen molar-refractivity contribution < 1.29 is 0 Å². The van der Waals surface area contributed by atoms with Crippen LogP contribution in [0.25, 0.3) is 9.88 Å². The van der Waals surface area contributed by atoms with Crippen LogP contribution in [-0.2, 0) is 6.54 Å². The summed E-state index contributed by atoms with van der Waals surface area (Å²) in [6, 6.07) is 4.20. The van der Waals surface area contributed by atoms with E-state index in [-0.39, 0.29) is 0 Å². The van der Waals surface area contributed by atoms with E-state index >= 15 is 0 Å². The SMILES string of the molecule is CCCNCc1sc(-c2ccc(Br)s2)nc1C. The maximum absolute atomic E-state index is 4.64. The van der Waals surface area contributed by atoms with Gasteiger partial charge in [-0.25, -0.2) is 4.98 Å². The number of hydrogen-bond acceptors (Lipinski definition) is 4. The van der Waals surface area contributed by atoms with Crippen molar-refractivity contribution >= 4 is 38.6 Å². The van der Waals surface area contributed by atoms with Gasteiger partial charge in [-0.15, -0.1) is 22.7 Å². The van der Waals surface area contributed by atoms with Gasteiger partial charge in [0.15, 0.2) is 0 Å². The summed E-state index contributed by atoms with van der Waals surface area (Å²) < 4.78 is 1.16. The minimum absolute atomic E-state index is 0.934. The van der Waals surface area contributed by atoms with Gasteiger partial charge < -0.3 is 5.32 Å². The zero-order chi connectivity index (χ0) is 12.3. The summed E-state index contributed by atoms with van der Waals surface area (Å²) in [4.78, 5) is 7.23. The lowest BCUT2D eigenvalue weighted by molar-refractivity contribution is 0.678. The van der Waals surface area contributed by atoms with Crippen molar-refractivity contribution in [3.05, 3.63) is 26.5 Å². The summed E-state index contributed by atoms with van der Waals surface area (Å²) in [6.07, 6.45) is 1.17. The number of nitrogens with zero attached hydrogens (tertiary/aromatic N) is 1. The molecule has 0 fully saturated rings. The predicted octanol–water partition coefficient (Wildman–Crippen LogP) is 4.44. The molecule has 2 rings (SSSR count). The molecule has 0 aliphatic rings. The molecule has 0 unspecified atom stereocenters. The minimum Gasteiger partial charge on any atom is -0.312 e. The minimum atomic E-state index is 0.934. The van der Waals surface area contributed by atoms with E-state index in [1.165, 1.54) is 16.2 Å². The molecule has 0 saturated carbocycles. The number of halogens is 1. The first-order valence-corrected chi connectivity index (χ1v) is 8.06. The number of hydrogen-bond donors (Lipinski definition) is 1. The molecular weight excluding hydrogens is 316 g/mol. The topological polar surface area (TPSA) is 24.9 Å². The first-order valence-electron chi connectivity index (χ1n) is 5.63. The van der Waals surface area contributed by atoms with Gasteiger partial charge in [0.2, 0.25) is 0 Å². The van der Waals surface area contributed by atoms with Crippen molar-refractivity contribution in [1.29, 1.82) is 0 Å². The molecule has 0 radical (unpaired) electrons. The first-order chi connectivity index (χ1) is 8.20. The van der Waals surface area contributed by atoms with Gasteiger partial charge in [-0.05, 0) is 48.0 Å². The molecular formula is C12H15BrN2S2. The van der Waals surface area contributed by atoms with E-state index in [0.717, 1.165) is 27.6 Å². The quantitative estimate of drug-likeness (QED) is 0.819. The summed E-state index contributed by atoms with van der Waals surface area (Å²) in [5, 5.41) is 4.56. The average molecular weight is 331 g/mol. The second-order valence-electron chi connectivity index (χ2n) is 3.81. The summed E-state index contributed by atoms with van der Waals surface area (Å²) >= 11 is 7.02. The fourth-order valence-corrected chi connectivity index (χ4v) is 3.98. The Labute approximate surface area is 118 Å². The molecule has 2 nitrogen and oxygen atoms in total. The highest BCUT2D eigenvalue weighted by Crippen LogP contribution is 2.34. The number of aryl methyl sites for hydroxylation is 1. The Morgan fingerprint density at radius 3 is 2.82 bits per heavy atom. The van der Waals surface area contributed by atoms with Crippen LogP contribution in [0.4, 0.5) is 0 Å². The van der Waals surface area contributed by atoms with Crippen LogP contribution in [-0.4, -0.2) is 11.5 Å². The van der Waals surface area contributed by atoms with Crippen LogP contribution in [0, 0.1) is 6.92 Å². The number of thiazole rings is 1. The number of rotatable bonds is 5. The fraction of sp³-hybridized carbons (Fsp3) is 0.417. The summed E-state index contributed by atoms with van der Waals surface area (Å²) in [7, 11) is 0. The van der Waals surface area contributed by atoms with Crippen LogP contribution >= 0.6 is 38.6 Å². The van der Waals surface area contributed by atoms with Crippen molar-refractivity contribution in [1.82, 2.24) is 10.3 Å². The van der Waals surface area contributed by atoms with Gasteiger partial charge in [-0.2, -0.15) is 0 Å². The first kappa shape index (κ1) is 13.2. The van der Waals surface area contributed by atoms with Gasteiger partial charge in [0.1, 0.15) is 5.01 Å². The molecule has 1 N–H and O–H groups in total. The van der Waals surface area contributed by atoms with E-state index in [9.17, 15) is 0 Å². The Morgan fingerprint density at radius 2 is 2.18 bits per heavy atom. The lowest BCUT2D eigenvalue weighted by Crippen LogP contribution is -2.13. The second-order valence-corrected chi connectivity index (χ2v) is 7.35. The van der Waals surface area contributed by atoms with E-state index < -0.39 is 0 Å². The standard InChI is InChI=1S/C12H15BrN2S2/c1-3-6-14-7-10-8(2)15-12(17-10)9-4-5-11(13)16-9/h4-5,14H,3,6-7H2,1-2H3. The molecule has 0 saturated heterocycles. The number of nitrogens with one attached hydrogen (secondary N) is 1. The highest BCUT2D eigenvalue weighted by molar-refractivity contribution is 9.11. The smallest absolute Gasteiger partial charge is 0.133 e. The molecule has 2 aromatic rings. The lowest BCUT2D eigenvalue weighted by atomic mass is 10.4. The normalized spacial score (nSPS) is 11.0. The van der Waals surface area contributed by atoms with E-state index in [1.807, 2.05) is 0 Å². The van der Waals surface area contributed by atoms with Crippen LogP contribution < -0.4 is 5.32 Å². The third kappa shape index (κ3) is 3.37. The molecule has 0 atom stereocenters. The third-order valence-corrected chi connectivity index (χ3v) is 5.34. The highest BCUT2D eigenvalue weighted by Gasteiger charge is 2.10. The summed E-state index contributed by atoms with van der Waals surface area (Å²) in [5.41, 5.74) is 1.15. The molecule has 92 valence electrons. The van der Waals surface area contributed by atoms with Gasteiger partial charge in [0.25, 0.3) is 0 Å². The maximum Gasteiger partial charge on any atom is 0.133 e. The van der Waals surface area contributed by atoms with Crippen LogP contribution in [0.1, 0.15) is 23.9 Å². The molecule has 5 heteroatoms.